The highest BCUT2D eigenvalue weighted by Gasteiger charge is 2.36. The minimum atomic E-state index is -0.575. The molecule has 0 bridgehead atoms. The number of ether oxygens (including phenoxy) is 1. The fraction of sp³-hybridized carbons (Fsp3) is 0.462. The number of pyridine rings is 1. The molecule has 6 heteroatoms. The number of carbonyl (C=O) groups is 2. The maximum Gasteiger partial charge on any atom is 0.328 e. The van der Waals surface area contributed by atoms with Crippen molar-refractivity contribution in [2.75, 3.05) is 13.2 Å². The summed E-state index contributed by atoms with van der Waals surface area (Å²) in [6.45, 7) is 2.48. The SMILES string of the molecule is CCOC(=O)C1CCCN1C(=O)c1ncccc1O. The zero-order chi connectivity index (χ0) is 13.8. The van der Waals surface area contributed by atoms with E-state index in [0.717, 1.165) is 6.42 Å². The maximum absolute atomic E-state index is 12.3. The lowest BCUT2D eigenvalue weighted by Gasteiger charge is -2.22. The van der Waals surface area contributed by atoms with E-state index >= 15 is 0 Å². The van der Waals surface area contributed by atoms with Gasteiger partial charge in [-0.15, -0.1) is 0 Å². The third-order valence-corrected chi connectivity index (χ3v) is 3.06. The van der Waals surface area contributed by atoms with Gasteiger partial charge < -0.3 is 14.7 Å². The van der Waals surface area contributed by atoms with E-state index in [-0.39, 0.29) is 18.1 Å². The summed E-state index contributed by atoms with van der Waals surface area (Å²) in [5.74, 6) is -1.01. The molecule has 1 aliphatic heterocycles. The highest BCUT2D eigenvalue weighted by Crippen LogP contribution is 2.23. The third kappa shape index (κ3) is 2.67. The summed E-state index contributed by atoms with van der Waals surface area (Å²) in [6.07, 6.45) is 2.75. The molecule has 1 saturated heterocycles. The summed E-state index contributed by atoms with van der Waals surface area (Å²) in [4.78, 5) is 29.3. The molecule has 0 aromatic carbocycles. The van der Waals surface area contributed by atoms with E-state index in [9.17, 15) is 14.7 Å². The topological polar surface area (TPSA) is 79.7 Å². The predicted molar refractivity (Wildman–Crippen MR) is 66.6 cm³/mol. The Kier molecular flexibility index (Phi) is 3.99. The second-order valence-corrected chi connectivity index (χ2v) is 4.28. The normalized spacial score (nSPS) is 18.4. The number of aromatic nitrogens is 1. The molecule has 2 heterocycles. The van der Waals surface area contributed by atoms with Gasteiger partial charge in [-0.2, -0.15) is 0 Å². The van der Waals surface area contributed by atoms with E-state index in [1.165, 1.54) is 17.2 Å². The standard InChI is InChI=1S/C13H16N2O4/c1-2-19-13(18)9-5-4-8-15(9)12(17)11-10(16)6-3-7-14-11/h3,6-7,9,16H,2,4-5,8H2,1H3. The molecule has 2 rings (SSSR count). The van der Waals surface area contributed by atoms with Gasteiger partial charge in [0.05, 0.1) is 6.61 Å². The number of nitrogens with zero attached hydrogens (tertiary/aromatic N) is 2. The lowest BCUT2D eigenvalue weighted by molar-refractivity contribution is -0.147. The van der Waals surface area contributed by atoms with Crippen molar-refractivity contribution in [1.29, 1.82) is 0 Å². The largest absolute Gasteiger partial charge is 0.505 e. The van der Waals surface area contributed by atoms with Crippen LogP contribution in [0.3, 0.4) is 0 Å². The van der Waals surface area contributed by atoms with Crippen LogP contribution in [-0.2, 0) is 9.53 Å². The Bertz CT molecular complexity index is 489. The van der Waals surface area contributed by atoms with Gasteiger partial charge in [-0.1, -0.05) is 0 Å². The summed E-state index contributed by atoms with van der Waals surface area (Å²) >= 11 is 0. The Balaban J connectivity index is 2.19. The van der Waals surface area contributed by atoms with Gasteiger partial charge in [0.15, 0.2) is 5.69 Å². The number of hydrogen-bond acceptors (Lipinski definition) is 5. The molecule has 1 aromatic heterocycles. The van der Waals surface area contributed by atoms with Crippen molar-refractivity contribution in [3.05, 3.63) is 24.0 Å². The van der Waals surface area contributed by atoms with E-state index < -0.39 is 17.9 Å². The molecule has 0 aliphatic carbocycles. The second-order valence-electron chi connectivity index (χ2n) is 4.28. The quantitative estimate of drug-likeness (QED) is 0.822. The van der Waals surface area contributed by atoms with Gasteiger partial charge in [-0.25, -0.2) is 9.78 Å². The van der Waals surface area contributed by atoms with Gasteiger partial charge in [-0.05, 0) is 31.9 Å². The Morgan fingerprint density at radius 3 is 3.05 bits per heavy atom. The Morgan fingerprint density at radius 2 is 2.37 bits per heavy atom. The van der Waals surface area contributed by atoms with E-state index in [1.807, 2.05) is 0 Å². The molecular weight excluding hydrogens is 248 g/mol. The van der Waals surface area contributed by atoms with Crippen LogP contribution in [0.15, 0.2) is 18.3 Å². The van der Waals surface area contributed by atoms with E-state index in [2.05, 4.69) is 4.98 Å². The molecule has 0 saturated carbocycles. The van der Waals surface area contributed by atoms with Crippen LogP contribution in [0, 0.1) is 0 Å². The smallest absolute Gasteiger partial charge is 0.328 e. The first kappa shape index (κ1) is 13.3. The lowest BCUT2D eigenvalue weighted by Crippen LogP contribution is -2.41. The molecule has 6 nitrogen and oxygen atoms in total. The van der Waals surface area contributed by atoms with Crippen molar-refractivity contribution < 1.29 is 19.4 Å². The monoisotopic (exact) mass is 264 g/mol. The zero-order valence-corrected chi connectivity index (χ0v) is 10.7. The van der Waals surface area contributed by atoms with Gasteiger partial charge >= 0.3 is 5.97 Å². The number of hydrogen-bond donors (Lipinski definition) is 1. The van der Waals surface area contributed by atoms with E-state index in [1.54, 1.807) is 13.0 Å². The lowest BCUT2D eigenvalue weighted by atomic mass is 10.2. The first-order valence-corrected chi connectivity index (χ1v) is 6.26. The zero-order valence-electron chi connectivity index (χ0n) is 10.7. The molecule has 0 radical (unpaired) electrons. The maximum atomic E-state index is 12.3. The van der Waals surface area contributed by atoms with Crippen molar-refractivity contribution in [3.8, 4) is 5.75 Å². The number of esters is 1. The van der Waals surface area contributed by atoms with Crippen molar-refractivity contribution >= 4 is 11.9 Å². The molecule has 102 valence electrons. The average molecular weight is 264 g/mol. The van der Waals surface area contributed by atoms with Crippen LogP contribution < -0.4 is 0 Å². The summed E-state index contributed by atoms with van der Waals surface area (Å²) in [6, 6.07) is 2.36. The van der Waals surface area contributed by atoms with Crippen LogP contribution in [0.5, 0.6) is 5.75 Å². The van der Waals surface area contributed by atoms with Crippen LogP contribution in [0.2, 0.25) is 0 Å². The minimum Gasteiger partial charge on any atom is -0.505 e. The van der Waals surface area contributed by atoms with Crippen molar-refractivity contribution in [1.82, 2.24) is 9.88 Å². The molecule has 1 amide bonds. The minimum absolute atomic E-state index is 0.0290. The first-order valence-electron chi connectivity index (χ1n) is 6.26. The third-order valence-electron chi connectivity index (χ3n) is 3.06. The summed E-state index contributed by atoms with van der Waals surface area (Å²) < 4.78 is 4.96. The van der Waals surface area contributed by atoms with Crippen molar-refractivity contribution in [3.63, 3.8) is 0 Å². The number of likely N-dealkylation sites (tertiary alicyclic amines) is 1. The molecule has 1 aromatic rings. The molecule has 1 aliphatic rings. The fourth-order valence-corrected chi connectivity index (χ4v) is 2.19. The highest BCUT2D eigenvalue weighted by molar-refractivity contribution is 5.97. The van der Waals surface area contributed by atoms with Gasteiger partial charge in [-0.3, -0.25) is 4.79 Å². The Labute approximate surface area is 111 Å². The molecule has 0 spiro atoms. The van der Waals surface area contributed by atoms with Gasteiger partial charge in [0, 0.05) is 12.7 Å². The number of rotatable bonds is 3. The summed E-state index contributed by atoms with van der Waals surface area (Å²) in [5.41, 5.74) is -0.0290. The van der Waals surface area contributed by atoms with E-state index in [4.69, 9.17) is 4.74 Å². The Hall–Kier alpha value is -2.11. The first-order chi connectivity index (χ1) is 9.15. The molecular formula is C13H16N2O4. The number of aromatic hydroxyl groups is 1. The predicted octanol–water partition coefficient (Wildman–Crippen LogP) is 0.955. The number of carbonyl (C=O) groups excluding carboxylic acids is 2. The van der Waals surface area contributed by atoms with Crippen molar-refractivity contribution in [2.45, 2.75) is 25.8 Å². The summed E-state index contributed by atoms with van der Waals surface area (Å²) in [5, 5.41) is 9.64. The van der Waals surface area contributed by atoms with Gasteiger partial charge in [0.25, 0.3) is 5.91 Å². The van der Waals surface area contributed by atoms with Gasteiger partial charge in [0.2, 0.25) is 0 Å². The number of amides is 1. The van der Waals surface area contributed by atoms with Crippen LogP contribution in [0.4, 0.5) is 0 Å². The van der Waals surface area contributed by atoms with Crippen molar-refractivity contribution in [2.24, 2.45) is 0 Å². The van der Waals surface area contributed by atoms with E-state index in [0.29, 0.717) is 13.0 Å². The van der Waals surface area contributed by atoms with Crippen LogP contribution in [0.1, 0.15) is 30.3 Å². The van der Waals surface area contributed by atoms with Crippen LogP contribution in [-0.4, -0.2) is 46.1 Å². The van der Waals surface area contributed by atoms with Crippen LogP contribution in [0.25, 0.3) is 0 Å². The molecule has 1 atom stereocenters. The molecule has 19 heavy (non-hydrogen) atoms. The molecule has 1 unspecified atom stereocenters. The summed E-state index contributed by atoms with van der Waals surface area (Å²) in [7, 11) is 0. The molecule has 1 fully saturated rings. The molecule has 1 N–H and O–H groups in total. The fourth-order valence-electron chi connectivity index (χ4n) is 2.19. The highest BCUT2D eigenvalue weighted by atomic mass is 16.5. The Morgan fingerprint density at radius 1 is 1.58 bits per heavy atom. The second kappa shape index (κ2) is 5.69. The van der Waals surface area contributed by atoms with Gasteiger partial charge in [0.1, 0.15) is 11.8 Å². The van der Waals surface area contributed by atoms with Crippen LogP contribution >= 0.6 is 0 Å². The average Bonchev–Trinajstić information content (AvgIpc) is 2.88.